The van der Waals surface area contributed by atoms with Gasteiger partial charge in [0.2, 0.25) is 0 Å². The minimum absolute atomic E-state index is 0.296. The summed E-state index contributed by atoms with van der Waals surface area (Å²) >= 11 is 3.69. The van der Waals surface area contributed by atoms with Crippen LogP contribution in [0.3, 0.4) is 0 Å². The van der Waals surface area contributed by atoms with Gasteiger partial charge in [-0.15, -0.1) is 0 Å². The normalized spacial score (nSPS) is 20.3. The summed E-state index contributed by atoms with van der Waals surface area (Å²) in [6, 6.07) is 7.43. The Kier molecular flexibility index (Phi) is 3.12. The minimum atomic E-state index is 0.296. The maximum Gasteiger partial charge on any atom is 0.136 e. The number of pyridine rings is 1. The molecule has 1 aliphatic rings. The van der Waals surface area contributed by atoms with E-state index in [9.17, 15) is 5.11 Å². The van der Waals surface area contributed by atoms with Crippen LogP contribution in [0, 0.1) is 0 Å². The molecule has 18 heavy (non-hydrogen) atoms. The summed E-state index contributed by atoms with van der Waals surface area (Å²) in [6.45, 7) is 2.01. The molecular weight excluding hydrogens is 292 g/mol. The molecule has 2 heterocycles. The largest absolute Gasteiger partial charge is 0.508 e. The second kappa shape index (κ2) is 4.76. The van der Waals surface area contributed by atoms with Crippen molar-refractivity contribution in [2.24, 2.45) is 0 Å². The zero-order valence-corrected chi connectivity index (χ0v) is 11.6. The fourth-order valence-electron chi connectivity index (χ4n) is 2.51. The van der Waals surface area contributed by atoms with E-state index >= 15 is 0 Å². The van der Waals surface area contributed by atoms with Crippen LogP contribution in [-0.2, 0) is 0 Å². The highest BCUT2D eigenvalue weighted by molar-refractivity contribution is 9.09. The van der Waals surface area contributed by atoms with Crippen LogP contribution < -0.4 is 4.90 Å². The fourth-order valence-corrected chi connectivity index (χ4v) is 3.18. The molecule has 1 aromatic heterocycles. The molecule has 0 spiro atoms. The number of phenolic OH excluding ortho intramolecular Hbond substituents is 1. The molecule has 1 unspecified atom stereocenters. The molecule has 94 valence electrons. The number of nitrogens with zero attached hydrogens (tertiary/aromatic N) is 2. The lowest BCUT2D eigenvalue weighted by atomic mass is 10.1. The summed E-state index contributed by atoms with van der Waals surface area (Å²) in [7, 11) is 0. The van der Waals surface area contributed by atoms with E-state index in [2.05, 4.69) is 25.8 Å². The number of piperidine rings is 1. The first-order valence-electron chi connectivity index (χ1n) is 6.21. The van der Waals surface area contributed by atoms with E-state index in [0.29, 0.717) is 10.6 Å². The number of aromatic hydroxyl groups is 1. The van der Waals surface area contributed by atoms with Crippen molar-refractivity contribution in [2.45, 2.75) is 17.7 Å². The highest BCUT2D eigenvalue weighted by Crippen LogP contribution is 2.30. The Balaban J connectivity index is 2.07. The molecule has 3 nitrogen and oxygen atoms in total. The van der Waals surface area contributed by atoms with E-state index in [-0.39, 0.29) is 0 Å². The molecule has 0 bridgehead atoms. The maximum absolute atomic E-state index is 9.65. The summed E-state index contributed by atoms with van der Waals surface area (Å²) in [5, 5.41) is 11.8. The molecule has 0 amide bonds. The second-order valence-corrected chi connectivity index (χ2v) is 6.02. The smallest absolute Gasteiger partial charge is 0.136 e. The van der Waals surface area contributed by atoms with Crippen LogP contribution in [0.4, 0.5) is 5.82 Å². The van der Waals surface area contributed by atoms with Crippen molar-refractivity contribution in [2.75, 3.05) is 18.0 Å². The van der Waals surface area contributed by atoms with Crippen molar-refractivity contribution in [1.29, 1.82) is 0 Å². The second-order valence-electron chi connectivity index (χ2n) is 4.73. The van der Waals surface area contributed by atoms with Crippen molar-refractivity contribution in [3.63, 3.8) is 0 Å². The lowest BCUT2D eigenvalue weighted by Gasteiger charge is -2.31. The van der Waals surface area contributed by atoms with Gasteiger partial charge in [-0.25, -0.2) is 4.98 Å². The van der Waals surface area contributed by atoms with Gasteiger partial charge < -0.3 is 10.0 Å². The summed E-state index contributed by atoms with van der Waals surface area (Å²) in [6.07, 6.45) is 4.23. The molecule has 1 aromatic carbocycles. The van der Waals surface area contributed by atoms with Crippen LogP contribution in [0.15, 0.2) is 30.5 Å². The van der Waals surface area contributed by atoms with Gasteiger partial charge >= 0.3 is 0 Å². The Labute approximate surface area is 115 Å². The molecule has 4 heteroatoms. The molecule has 0 radical (unpaired) electrons. The van der Waals surface area contributed by atoms with Crippen molar-refractivity contribution in [3.8, 4) is 5.75 Å². The number of fused-ring (bicyclic) bond motifs is 1. The van der Waals surface area contributed by atoms with Crippen molar-refractivity contribution < 1.29 is 5.11 Å². The third-order valence-electron chi connectivity index (χ3n) is 3.39. The zero-order valence-electron chi connectivity index (χ0n) is 10.0. The van der Waals surface area contributed by atoms with Crippen LogP contribution >= 0.6 is 15.9 Å². The fraction of sp³-hybridized carbons (Fsp3) is 0.357. The molecule has 0 saturated carbocycles. The van der Waals surface area contributed by atoms with E-state index in [0.717, 1.165) is 29.7 Å². The summed E-state index contributed by atoms with van der Waals surface area (Å²) < 4.78 is 0. The molecular formula is C14H15BrN2O. The van der Waals surface area contributed by atoms with Crippen LogP contribution in [0.1, 0.15) is 12.8 Å². The lowest BCUT2D eigenvalue weighted by Crippen LogP contribution is -2.36. The third kappa shape index (κ3) is 2.17. The number of hydrogen-bond donors (Lipinski definition) is 1. The Bertz CT molecular complexity index is 573. The van der Waals surface area contributed by atoms with Gasteiger partial charge in [-0.3, -0.25) is 0 Å². The number of hydrogen-bond acceptors (Lipinski definition) is 3. The van der Waals surface area contributed by atoms with Gasteiger partial charge in [-0.05, 0) is 36.4 Å². The van der Waals surface area contributed by atoms with E-state index in [1.165, 1.54) is 12.8 Å². The van der Waals surface area contributed by atoms with E-state index in [1.54, 1.807) is 12.1 Å². The number of halogens is 1. The van der Waals surface area contributed by atoms with E-state index in [4.69, 9.17) is 0 Å². The van der Waals surface area contributed by atoms with Crippen LogP contribution in [0.5, 0.6) is 5.75 Å². The number of phenols is 1. The quantitative estimate of drug-likeness (QED) is 0.821. The van der Waals surface area contributed by atoms with Crippen LogP contribution in [0.2, 0.25) is 0 Å². The Morgan fingerprint density at radius 1 is 1.33 bits per heavy atom. The molecule has 1 saturated heterocycles. The third-order valence-corrected chi connectivity index (χ3v) is 4.14. The predicted octanol–water partition coefficient (Wildman–Crippen LogP) is 3.30. The summed E-state index contributed by atoms with van der Waals surface area (Å²) in [5.74, 6) is 1.27. The van der Waals surface area contributed by atoms with E-state index in [1.807, 2.05) is 18.3 Å². The predicted molar refractivity (Wildman–Crippen MR) is 77.6 cm³/mol. The van der Waals surface area contributed by atoms with Gasteiger partial charge in [0, 0.05) is 29.5 Å². The number of alkyl halides is 1. The van der Waals surface area contributed by atoms with Crippen LogP contribution in [0.25, 0.3) is 10.8 Å². The molecule has 1 N–H and O–H groups in total. The highest BCUT2D eigenvalue weighted by Gasteiger charge is 2.20. The SMILES string of the molecule is Oc1ccc2ccnc(N3CCCC(Br)C3)c2c1. The Morgan fingerprint density at radius 2 is 2.22 bits per heavy atom. The standard InChI is InChI=1S/C14H15BrN2O/c15-11-2-1-7-17(9-11)14-13-8-12(18)4-3-10(13)5-6-16-14/h3-6,8,11,18H,1-2,7,9H2. The number of aromatic nitrogens is 1. The van der Waals surface area contributed by atoms with Crippen LogP contribution in [-0.4, -0.2) is 28.0 Å². The first kappa shape index (κ1) is 11.8. The van der Waals surface area contributed by atoms with Gasteiger partial charge in [0.15, 0.2) is 0 Å². The summed E-state index contributed by atoms with van der Waals surface area (Å²) in [5.41, 5.74) is 0. The monoisotopic (exact) mass is 306 g/mol. The zero-order chi connectivity index (χ0) is 12.5. The number of rotatable bonds is 1. The Hall–Kier alpha value is -1.29. The van der Waals surface area contributed by atoms with Crippen molar-refractivity contribution >= 4 is 32.5 Å². The van der Waals surface area contributed by atoms with Gasteiger partial charge in [-0.2, -0.15) is 0 Å². The number of benzene rings is 1. The summed E-state index contributed by atoms with van der Waals surface area (Å²) in [4.78, 5) is 7.32. The number of anilines is 1. The maximum atomic E-state index is 9.65. The van der Waals surface area contributed by atoms with Gasteiger partial charge in [-0.1, -0.05) is 22.0 Å². The highest BCUT2D eigenvalue weighted by atomic mass is 79.9. The minimum Gasteiger partial charge on any atom is -0.508 e. The van der Waals surface area contributed by atoms with Crippen molar-refractivity contribution in [3.05, 3.63) is 30.5 Å². The van der Waals surface area contributed by atoms with Gasteiger partial charge in [0.05, 0.1) is 0 Å². The van der Waals surface area contributed by atoms with Crippen molar-refractivity contribution in [1.82, 2.24) is 4.98 Å². The molecule has 1 aliphatic heterocycles. The molecule has 3 rings (SSSR count). The van der Waals surface area contributed by atoms with Gasteiger partial charge in [0.25, 0.3) is 0 Å². The molecule has 1 atom stereocenters. The topological polar surface area (TPSA) is 36.4 Å². The van der Waals surface area contributed by atoms with E-state index < -0.39 is 0 Å². The lowest BCUT2D eigenvalue weighted by molar-refractivity contribution is 0.476. The van der Waals surface area contributed by atoms with Gasteiger partial charge in [0.1, 0.15) is 11.6 Å². The molecule has 2 aromatic rings. The average molecular weight is 307 g/mol. The molecule has 1 fully saturated rings. The molecule has 0 aliphatic carbocycles. The Morgan fingerprint density at radius 3 is 3.06 bits per heavy atom. The first-order valence-corrected chi connectivity index (χ1v) is 7.12. The average Bonchev–Trinajstić information content (AvgIpc) is 2.38. The first-order chi connectivity index (χ1) is 8.74.